The van der Waals surface area contributed by atoms with E-state index in [2.05, 4.69) is 39.2 Å². The van der Waals surface area contributed by atoms with Crippen molar-refractivity contribution in [1.29, 1.82) is 0 Å². The van der Waals surface area contributed by atoms with Crippen LogP contribution < -0.4 is 10.6 Å². The lowest BCUT2D eigenvalue weighted by Gasteiger charge is -2.40. The normalized spacial score (nSPS) is 25.4. The topological polar surface area (TPSA) is 64.7 Å². The van der Waals surface area contributed by atoms with E-state index in [4.69, 9.17) is 0 Å². The molecule has 0 aromatic rings. The van der Waals surface area contributed by atoms with E-state index in [0.717, 1.165) is 71.1 Å². The quantitative estimate of drug-likeness (QED) is 0.370. The lowest BCUT2D eigenvalue weighted by Crippen LogP contribution is -2.57. The molecule has 2 heterocycles. The number of hydrogen-bond acceptors (Lipinski definition) is 4. The second-order valence-corrected chi connectivity index (χ2v) is 9.90. The van der Waals surface area contributed by atoms with Crippen LogP contribution >= 0.6 is 0 Å². The van der Waals surface area contributed by atoms with Gasteiger partial charge in [0.1, 0.15) is 6.04 Å². The number of unbranched alkanes of at least 4 members (excludes halogenated alkanes) is 1. The molecule has 1 unspecified atom stereocenters. The van der Waals surface area contributed by atoms with E-state index in [1.165, 1.54) is 12.8 Å². The molecular weight excluding hydrogens is 412 g/mol. The molecule has 2 N–H and O–H groups in total. The number of likely N-dealkylation sites (tertiary alicyclic amines) is 2. The van der Waals surface area contributed by atoms with Crippen molar-refractivity contribution in [2.45, 2.75) is 69.9 Å². The molecule has 6 heteroatoms. The zero-order chi connectivity index (χ0) is 23.5. The van der Waals surface area contributed by atoms with Gasteiger partial charge in [0.05, 0.1) is 6.54 Å². The Labute approximate surface area is 200 Å². The van der Waals surface area contributed by atoms with E-state index < -0.39 is 0 Å². The number of amides is 2. The molecule has 1 aliphatic carbocycles. The molecule has 184 valence electrons. The minimum atomic E-state index is -0.367. The van der Waals surface area contributed by atoms with E-state index in [1.54, 1.807) is 13.1 Å². The van der Waals surface area contributed by atoms with Crippen LogP contribution in [0.2, 0.25) is 0 Å². The third-order valence-electron chi connectivity index (χ3n) is 7.61. The summed E-state index contributed by atoms with van der Waals surface area (Å²) in [5.74, 6) is 0.970. The molecule has 3 rings (SSSR count). The Morgan fingerprint density at radius 1 is 1.06 bits per heavy atom. The molecule has 0 spiro atoms. The largest absolute Gasteiger partial charge is 0.343 e. The first kappa shape index (κ1) is 25.7. The first-order valence-electron chi connectivity index (χ1n) is 13.0. The third kappa shape index (κ3) is 7.54. The van der Waals surface area contributed by atoms with Crippen molar-refractivity contribution in [3.8, 4) is 0 Å². The van der Waals surface area contributed by atoms with Crippen molar-refractivity contribution < 1.29 is 9.59 Å². The molecule has 6 nitrogen and oxygen atoms in total. The van der Waals surface area contributed by atoms with Crippen LogP contribution in [0.1, 0.15) is 57.8 Å². The van der Waals surface area contributed by atoms with Gasteiger partial charge in [-0.25, -0.2) is 0 Å². The Bertz CT molecular complexity index is 698. The molecule has 1 saturated carbocycles. The van der Waals surface area contributed by atoms with Crippen LogP contribution in [0.3, 0.4) is 0 Å². The second-order valence-electron chi connectivity index (χ2n) is 9.90. The smallest absolute Gasteiger partial charge is 0.245 e. The number of hydrogen-bond donors (Lipinski definition) is 2. The zero-order valence-corrected chi connectivity index (χ0v) is 20.5. The maximum Gasteiger partial charge on any atom is 0.245 e. The second kappa shape index (κ2) is 13.7. The number of likely N-dealkylation sites (N-methyl/N-ethyl adjacent to an activating group) is 1. The number of allylic oxidation sites excluding steroid dienone is 5. The Hall–Kier alpha value is -1.92. The lowest BCUT2D eigenvalue weighted by molar-refractivity contribution is -0.140. The molecular formula is C27H44N4O2. The highest BCUT2D eigenvalue weighted by Gasteiger charge is 2.44. The number of nitrogens with zero attached hydrogens (tertiary/aromatic N) is 2. The highest BCUT2D eigenvalue weighted by atomic mass is 16.2. The summed E-state index contributed by atoms with van der Waals surface area (Å²) in [4.78, 5) is 30.9. The van der Waals surface area contributed by atoms with Gasteiger partial charge in [0, 0.05) is 19.1 Å². The molecule has 33 heavy (non-hydrogen) atoms. The number of rotatable bonds is 11. The summed E-state index contributed by atoms with van der Waals surface area (Å²) in [5.41, 5.74) is 0. The standard InChI is InChI=1S/C27H44N4O2/c1-3-4-5-6-7-8-12-17-30-18-15-22-16-19-31(24(22)21-30)27(33)26(29-25(32)20-28-2)23-13-10-9-11-14-23/h3-7,22-24,26,28H,1,8-21H2,2H3,(H,29,32)/b5-4-,7-6-/t22-,24-,26?/m1/s1. The number of carbonyl (C=O) groups excluding carboxylic acids is 2. The molecule has 2 aliphatic heterocycles. The molecule has 3 aliphatic rings. The van der Waals surface area contributed by atoms with Gasteiger partial charge in [-0.05, 0) is 70.5 Å². The average molecular weight is 457 g/mol. The summed E-state index contributed by atoms with van der Waals surface area (Å²) in [6, 6.07) is -0.0707. The number of carbonyl (C=O) groups is 2. The summed E-state index contributed by atoms with van der Waals surface area (Å²) in [6.45, 7) is 7.96. The fourth-order valence-electron chi connectivity index (χ4n) is 5.85. The minimum Gasteiger partial charge on any atom is -0.343 e. The molecule has 0 radical (unpaired) electrons. The van der Waals surface area contributed by atoms with Gasteiger partial charge in [0.2, 0.25) is 11.8 Å². The summed E-state index contributed by atoms with van der Waals surface area (Å²) in [6.07, 6.45) is 20.1. The fraction of sp³-hybridized carbons (Fsp3) is 0.704. The van der Waals surface area contributed by atoms with Crippen molar-refractivity contribution in [3.63, 3.8) is 0 Å². The number of piperidine rings is 1. The summed E-state index contributed by atoms with van der Waals surface area (Å²) >= 11 is 0. The number of fused-ring (bicyclic) bond motifs is 1. The average Bonchev–Trinajstić information content (AvgIpc) is 3.25. The van der Waals surface area contributed by atoms with E-state index in [-0.39, 0.29) is 30.3 Å². The predicted octanol–water partition coefficient (Wildman–Crippen LogP) is 3.27. The maximum atomic E-state index is 13.8. The van der Waals surface area contributed by atoms with E-state index in [9.17, 15) is 9.59 Å². The van der Waals surface area contributed by atoms with Crippen molar-refractivity contribution in [2.24, 2.45) is 11.8 Å². The van der Waals surface area contributed by atoms with Gasteiger partial charge in [-0.15, -0.1) is 0 Å². The highest BCUT2D eigenvalue weighted by Crippen LogP contribution is 2.34. The van der Waals surface area contributed by atoms with Crippen molar-refractivity contribution in [1.82, 2.24) is 20.4 Å². The van der Waals surface area contributed by atoms with Crippen LogP contribution in [0, 0.1) is 11.8 Å². The van der Waals surface area contributed by atoms with Gasteiger partial charge < -0.3 is 20.4 Å². The Morgan fingerprint density at radius 3 is 2.61 bits per heavy atom. The zero-order valence-electron chi connectivity index (χ0n) is 20.5. The summed E-state index contributed by atoms with van der Waals surface area (Å²) in [5, 5.41) is 6.03. The lowest BCUT2D eigenvalue weighted by atomic mass is 9.83. The van der Waals surface area contributed by atoms with Gasteiger partial charge in [0.15, 0.2) is 0 Å². The van der Waals surface area contributed by atoms with Crippen LogP contribution in [-0.2, 0) is 9.59 Å². The van der Waals surface area contributed by atoms with Crippen molar-refractivity contribution in [2.75, 3.05) is 39.8 Å². The van der Waals surface area contributed by atoms with Crippen LogP contribution in [0.25, 0.3) is 0 Å². The van der Waals surface area contributed by atoms with Gasteiger partial charge in [-0.3, -0.25) is 9.59 Å². The highest BCUT2D eigenvalue weighted by molar-refractivity contribution is 5.89. The van der Waals surface area contributed by atoms with Crippen LogP contribution in [0.5, 0.6) is 0 Å². The Morgan fingerprint density at radius 2 is 1.85 bits per heavy atom. The van der Waals surface area contributed by atoms with Crippen LogP contribution in [-0.4, -0.2) is 73.5 Å². The predicted molar refractivity (Wildman–Crippen MR) is 135 cm³/mol. The SMILES string of the molecule is C=C/C=C\C=C/CCCN1CC[C@@H]2CCN(C(=O)C(NC(=O)CNC)C3CCCCC3)[C@@H]2C1. The monoisotopic (exact) mass is 456 g/mol. The first-order chi connectivity index (χ1) is 16.1. The Kier molecular flexibility index (Phi) is 10.7. The van der Waals surface area contributed by atoms with Gasteiger partial charge in [0.25, 0.3) is 0 Å². The van der Waals surface area contributed by atoms with E-state index in [0.29, 0.717) is 12.0 Å². The van der Waals surface area contributed by atoms with Crippen LogP contribution in [0.15, 0.2) is 37.0 Å². The summed E-state index contributed by atoms with van der Waals surface area (Å²) in [7, 11) is 1.77. The molecule has 2 amide bonds. The number of nitrogens with one attached hydrogen (secondary N) is 2. The van der Waals surface area contributed by atoms with E-state index >= 15 is 0 Å². The fourth-order valence-corrected chi connectivity index (χ4v) is 5.85. The van der Waals surface area contributed by atoms with Crippen molar-refractivity contribution in [3.05, 3.63) is 37.0 Å². The molecule has 3 atom stereocenters. The third-order valence-corrected chi connectivity index (χ3v) is 7.61. The van der Waals surface area contributed by atoms with Gasteiger partial charge >= 0.3 is 0 Å². The first-order valence-corrected chi connectivity index (χ1v) is 13.0. The Balaban J connectivity index is 1.58. The van der Waals surface area contributed by atoms with Gasteiger partial charge in [-0.2, -0.15) is 0 Å². The van der Waals surface area contributed by atoms with Crippen LogP contribution in [0.4, 0.5) is 0 Å². The molecule has 0 aromatic carbocycles. The molecule has 2 saturated heterocycles. The maximum absolute atomic E-state index is 13.8. The van der Waals surface area contributed by atoms with Crippen molar-refractivity contribution >= 4 is 11.8 Å². The minimum absolute atomic E-state index is 0.0709. The molecule has 0 aromatic heterocycles. The molecule has 3 fully saturated rings. The summed E-state index contributed by atoms with van der Waals surface area (Å²) < 4.78 is 0. The van der Waals surface area contributed by atoms with E-state index in [1.807, 2.05) is 12.2 Å². The van der Waals surface area contributed by atoms with Gasteiger partial charge in [-0.1, -0.05) is 56.2 Å². The molecule has 0 bridgehead atoms.